The van der Waals surface area contributed by atoms with E-state index in [9.17, 15) is 67.1 Å². The minimum absolute atomic E-state index is 0. The standard InChI is InChI=1S/2C22H24F3N5O2S.C18H22N2O2S.C14H10N2O2.C10H8F3N3O.C3H8O.C2H4F3N.CH4/c2*1-32-17-6-3-2-5-16(17)19(31)27-13-21(18-7-4-12-33-18)8-10-30(11-9-21)20(29-15-26)28-14-22(23,24)25;1-22-15-6-3-2-5-14(15)17(21)20-13-18(8-10-19-11-9-18)16-7-4-12-23-16;15-11-16-14(17-12-7-3-1-4-8-12)18-13-9-5-2-6-10-13;11-10(12,13)6-15-9(16-7-14)17-8-4-2-1-3-5-8;1-3(2)4;3-2(4,5)1-6;/h2*2-7,12H,8-11,13-14H2,1H3,(H,27,31)(H,28,29);2-7,12,19H,8-11,13H2,1H3,(H,20,21);1-10H;1-5H,6H2,(H,15,16);3-4H,1-2H3;1,6H2;1H4. The van der Waals surface area contributed by atoms with Crippen molar-refractivity contribution >= 4 is 75.8 Å². The predicted molar refractivity (Wildman–Crippen MR) is 492 cm³/mol. The number of amidine groups is 1. The fourth-order valence-corrected chi connectivity index (χ4v) is 16.0. The number of halogens is 12. The number of carbonyl (C=O) groups is 3. The number of benzene rings is 6. The molecule has 43 heteroatoms. The number of alkyl halides is 12. The highest BCUT2D eigenvalue weighted by Gasteiger charge is 2.42. The van der Waals surface area contributed by atoms with Gasteiger partial charge in [0.15, 0.2) is 18.6 Å². The number of methoxy groups -OCH3 is 3. The zero-order chi connectivity index (χ0) is 98.1. The third-order valence-corrected chi connectivity index (χ3v) is 22.8. The Morgan fingerprint density at radius 2 is 0.733 bits per heavy atom. The third-order valence-electron chi connectivity index (χ3n) is 19.5. The van der Waals surface area contributed by atoms with Crippen molar-refractivity contribution < 1.29 is 101 Å². The largest absolute Gasteiger partial charge is 0.496 e. The summed E-state index contributed by atoms with van der Waals surface area (Å²) in [4.78, 5) is 58.8. The van der Waals surface area contributed by atoms with E-state index in [0.29, 0.717) is 117 Å². The molecule has 0 saturated carbocycles. The van der Waals surface area contributed by atoms with E-state index in [1.54, 1.807) is 180 Å². The van der Waals surface area contributed by atoms with E-state index in [1.807, 2.05) is 94.9 Å². The number of hydrogen-bond donors (Lipinski definition) is 9. The first-order valence-electron chi connectivity index (χ1n) is 41.0. The highest BCUT2D eigenvalue weighted by Crippen LogP contribution is 2.41. The first-order valence-corrected chi connectivity index (χ1v) is 43.6. The maximum Gasteiger partial charge on any atom is 0.410 e. The van der Waals surface area contributed by atoms with E-state index < -0.39 is 56.9 Å². The first kappa shape index (κ1) is 112. The van der Waals surface area contributed by atoms with Gasteiger partial charge in [-0.05, 0) is 173 Å². The van der Waals surface area contributed by atoms with Crippen molar-refractivity contribution in [1.29, 1.82) is 21.0 Å². The second-order valence-corrected chi connectivity index (χ2v) is 32.1. The Bertz CT molecular complexity index is 5100. The quantitative estimate of drug-likeness (QED) is 0.0106. The molecule has 9 aromatic rings. The Morgan fingerprint density at radius 3 is 1.01 bits per heavy atom. The number of nitrogens with zero attached hydrogens (tertiary/aromatic N) is 10. The van der Waals surface area contributed by atoms with Crippen LogP contribution in [0.25, 0.3) is 0 Å². The number of carbonyl (C=O) groups excluding carboxylic acids is 3. The summed E-state index contributed by atoms with van der Waals surface area (Å²) >= 11 is 4.93. The number of nitrogens with one attached hydrogen (secondary N) is 7. The summed E-state index contributed by atoms with van der Waals surface area (Å²) in [5.41, 5.74) is 4.90. The van der Waals surface area contributed by atoms with Crippen LogP contribution in [-0.2, 0) is 16.2 Å². The normalized spacial score (nSPS) is 14.2. The molecule has 3 fully saturated rings. The topological polar surface area (TPSA) is 388 Å². The van der Waals surface area contributed by atoms with Gasteiger partial charge in [-0.3, -0.25) is 25.0 Å². The number of para-hydroxylation sites is 6. The van der Waals surface area contributed by atoms with E-state index in [0.717, 1.165) is 35.7 Å². The highest BCUT2D eigenvalue weighted by molar-refractivity contribution is 7.10. The predicted octanol–water partition coefficient (Wildman–Crippen LogP) is 16.4. The maximum absolute atomic E-state index is 12.8. The van der Waals surface area contributed by atoms with Gasteiger partial charge in [0.05, 0.1) is 44.6 Å². The van der Waals surface area contributed by atoms with Crippen molar-refractivity contribution in [2.75, 3.05) is 106 Å². The molecule has 0 bridgehead atoms. The molecular weight excluding hydrogens is 1840 g/mol. The minimum atomic E-state index is -4.46. The number of aliphatic hydroxyl groups is 1. The maximum atomic E-state index is 12.8. The smallest absolute Gasteiger partial charge is 0.410 e. The van der Waals surface area contributed by atoms with Crippen molar-refractivity contribution in [2.45, 2.75) is 107 Å². The molecule has 0 radical (unpaired) electrons. The van der Waals surface area contributed by atoms with Crippen LogP contribution >= 0.6 is 34.0 Å². The molecule has 0 atom stereocenters. The van der Waals surface area contributed by atoms with Gasteiger partial charge >= 0.3 is 36.8 Å². The van der Waals surface area contributed by atoms with Gasteiger partial charge in [-0.2, -0.15) is 73.7 Å². The van der Waals surface area contributed by atoms with E-state index in [-0.39, 0.29) is 71.2 Å². The molecule has 0 spiro atoms. The van der Waals surface area contributed by atoms with Crippen LogP contribution in [-0.4, -0.2) is 194 Å². The number of likely N-dealkylation sites (tertiary alicyclic amines) is 2. The molecule has 6 heterocycles. The molecule has 6 aromatic carbocycles. The number of ether oxygens (including phenoxy) is 6. The van der Waals surface area contributed by atoms with Crippen molar-refractivity contribution in [1.82, 2.24) is 47.0 Å². The van der Waals surface area contributed by atoms with Crippen molar-refractivity contribution in [3.8, 4) is 59.3 Å². The number of nitrogens with two attached hydrogens (primary N) is 1. The number of amides is 3. The SMILES string of the molecule is C.CC(C)O.COc1ccccc1C(=O)NCC1(c2cccs2)CCN(C(=NCC(F)(F)F)NC#N)CC1.COc1ccccc1C(=O)NCC1(c2cccs2)CCN(C(=NCC(F)(F)F)NC#N)CC1.COc1ccccc1C(=O)NCC1(c2cccs2)CCNCC1.N#CN=C(Oc1ccccc1)Oc1ccccc1.N#CNC(=NCC(F)(F)F)Oc1ccccc1.NCC(F)(F)F. The Labute approximate surface area is 786 Å². The lowest BCUT2D eigenvalue weighted by molar-refractivity contribution is -0.119. The molecule has 3 aliphatic heterocycles. The number of hydrogen-bond acceptors (Lipinski definition) is 23. The molecule has 12 rings (SSSR count). The summed E-state index contributed by atoms with van der Waals surface area (Å²) < 4.78 is 175. The van der Waals surface area contributed by atoms with Crippen molar-refractivity contribution in [3.05, 3.63) is 248 Å². The van der Waals surface area contributed by atoms with Gasteiger partial charge in [0.1, 0.15) is 54.1 Å². The van der Waals surface area contributed by atoms with Crippen LogP contribution in [0.3, 0.4) is 0 Å². The monoisotopic (exact) mass is 1940 g/mol. The first-order chi connectivity index (χ1) is 64.0. The van der Waals surface area contributed by atoms with E-state index in [2.05, 4.69) is 75.1 Å². The van der Waals surface area contributed by atoms with Crippen LogP contribution in [0, 0.1) is 45.8 Å². The van der Waals surface area contributed by atoms with Crippen molar-refractivity contribution in [2.24, 2.45) is 25.7 Å². The molecule has 3 amide bonds. The number of piperidine rings is 3. The van der Waals surface area contributed by atoms with Gasteiger partial charge in [0.2, 0.25) is 18.1 Å². The summed E-state index contributed by atoms with van der Waals surface area (Å²) in [5, 5.41) is 67.9. The Kier molecular flexibility index (Phi) is 47.2. The Balaban J connectivity index is 0.000000296. The lowest BCUT2D eigenvalue weighted by atomic mass is 9.77. The number of thiophene rings is 3. The number of aliphatic hydroxyl groups excluding tert-OH is 1. The number of aliphatic imine (C=N–C) groups is 4. The molecule has 3 aliphatic rings. The molecule has 0 unspecified atom stereocenters. The third kappa shape index (κ3) is 40.0. The van der Waals surface area contributed by atoms with Gasteiger partial charge in [-0.1, -0.05) is 122 Å². The fraction of sp³-hybridized carbons (Fsp3) is 0.359. The number of nitriles is 4. The van der Waals surface area contributed by atoms with E-state index in [1.165, 1.54) is 37.4 Å². The van der Waals surface area contributed by atoms with Crippen LogP contribution in [0.15, 0.2) is 236 Å². The summed E-state index contributed by atoms with van der Waals surface area (Å²) in [5.74, 6) is 2.19. The second-order valence-electron chi connectivity index (χ2n) is 29.2. The molecule has 3 aromatic heterocycles. The molecule has 0 aliphatic carbocycles. The lowest BCUT2D eigenvalue weighted by Gasteiger charge is -2.42. The van der Waals surface area contributed by atoms with Crippen LogP contribution < -0.4 is 71.4 Å². The van der Waals surface area contributed by atoms with Crippen LogP contribution in [0.2, 0.25) is 0 Å². The van der Waals surface area contributed by atoms with Gasteiger partial charge in [-0.15, -0.1) is 34.0 Å². The van der Waals surface area contributed by atoms with Crippen LogP contribution in [0.4, 0.5) is 52.7 Å². The zero-order valence-corrected chi connectivity index (χ0v) is 75.7. The van der Waals surface area contributed by atoms with Crippen LogP contribution in [0.1, 0.15) is 106 Å². The van der Waals surface area contributed by atoms with E-state index >= 15 is 0 Å². The van der Waals surface area contributed by atoms with Crippen molar-refractivity contribution in [3.63, 3.8) is 0 Å². The lowest BCUT2D eigenvalue weighted by Crippen LogP contribution is -2.52. The number of rotatable bonds is 21. The summed E-state index contributed by atoms with van der Waals surface area (Å²) in [6.45, 7) is 2.96. The summed E-state index contributed by atoms with van der Waals surface area (Å²) in [6.07, 6.45) is -7.03. The minimum Gasteiger partial charge on any atom is -0.496 e. The summed E-state index contributed by atoms with van der Waals surface area (Å²) in [6, 6.07) is 59.0. The van der Waals surface area contributed by atoms with Gasteiger partial charge < -0.3 is 70.3 Å². The van der Waals surface area contributed by atoms with Gasteiger partial charge in [0, 0.05) is 82.8 Å². The molecule has 28 nitrogen and oxygen atoms in total. The Morgan fingerprint density at radius 1 is 0.444 bits per heavy atom. The average Bonchev–Trinajstić information content (AvgIpc) is 1.53. The van der Waals surface area contributed by atoms with Gasteiger partial charge in [0.25, 0.3) is 17.7 Å². The molecule has 135 heavy (non-hydrogen) atoms. The summed E-state index contributed by atoms with van der Waals surface area (Å²) in [7, 11) is 4.59. The number of guanidine groups is 2. The molecule has 10 N–H and O–H groups in total. The molecule has 724 valence electrons. The average molecular weight is 1950 g/mol. The van der Waals surface area contributed by atoms with Crippen LogP contribution in [0.5, 0.6) is 34.5 Å². The molecule has 3 saturated heterocycles. The fourth-order valence-electron chi connectivity index (χ4n) is 13.1. The molecular formula is C92H104F12N18O10S3. The van der Waals surface area contributed by atoms with Gasteiger partial charge in [-0.25, -0.2) is 20.3 Å². The zero-order valence-electron chi connectivity index (χ0n) is 73.2. The Hall–Kier alpha value is -13.7. The van der Waals surface area contributed by atoms with E-state index in [4.69, 9.17) is 54.6 Å². The second kappa shape index (κ2) is 57.0. The highest BCUT2D eigenvalue weighted by atomic mass is 32.1.